The number of carbonyl (C=O) groups is 2. The number of anilines is 1. The molecule has 0 saturated heterocycles. The lowest BCUT2D eigenvalue weighted by Gasteiger charge is -2.30. The molecular formula is C20H21FN2O2. The van der Waals surface area contributed by atoms with Gasteiger partial charge < -0.3 is 10.2 Å². The SMILES string of the molecule is CC(=O)Nc1cccc(C(=O)N(C2CC2)C(C)c2ccccc2F)c1. The molecule has 1 aliphatic carbocycles. The van der Waals surface area contributed by atoms with E-state index in [2.05, 4.69) is 5.32 Å². The topological polar surface area (TPSA) is 49.4 Å². The molecule has 4 nitrogen and oxygen atoms in total. The van der Waals surface area contributed by atoms with E-state index < -0.39 is 0 Å². The van der Waals surface area contributed by atoms with Gasteiger partial charge in [-0.3, -0.25) is 9.59 Å². The van der Waals surface area contributed by atoms with Gasteiger partial charge in [0.05, 0.1) is 6.04 Å². The van der Waals surface area contributed by atoms with Crippen molar-refractivity contribution < 1.29 is 14.0 Å². The molecule has 1 N–H and O–H groups in total. The van der Waals surface area contributed by atoms with E-state index in [-0.39, 0.29) is 29.7 Å². The lowest BCUT2D eigenvalue weighted by atomic mass is 10.0. The maximum absolute atomic E-state index is 14.2. The Balaban J connectivity index is 1.90. The lowest BCUT2D eigenvalue weighted by molar-refractivity contribution is -0.114. The van der Waals surface area contributed by atoms with Gasteiger partial charge in [-0.2, -0.15) is 0 Å². The molecule has 1 saturated carbocycles. The highest BCUT2D eigenvalue weighted by molar-refractivity contribution is 5.97. The van der Waals surface area contributed by atoms with E-state index in [0.717, 1.165) is 12.8 Å². The number of amides is 2. The summed E-state index contributed by atoms with van der Waals surface area (Å²) in [6, 6.07) is 13.2. The number of hydrogen-bond acceptors (Lipinski definition) is 2. The quantitative estimate of drug-likeness (QED) is 0.889. The number of nitrogens with zero attached hydrogens (tertiary/aromatic N) is 1. The molecule has 0 bridgehead atoms. The van der Waals surface area contributed by atoms with Gasteiger partial charge in [-0.25, -0.2) is 4.39 Å². The number of benzene rings is 2. The first kappa shape index (κ1) is 17.1. The molecule has 0 aromatic heterocycles. The molecule has 5 heteroatoms. The summed E-state index contributed by atoms with van der Waals surface area (Å²) in [6.45, 7) is 3.28. The zero-order chi connectivity index (χ0) is 18.0. The summed E-state index contributed by atoms with van der Waals surface area (Å²) in [5.74, 6) is -0.644. The highest BCUT2D eigenvalue weighted by Gasteiger charge is 2.37. The smallest absolute Gasteiger partial charge is 0.254 e. The summed E-state index contributed by atoms with van der Waals surface area (Å²) in [4.78, 5) is 26.1. The van der Waals surface area contributed by atoms with Crippen molar-refractivity contribution >= 4 is 17.5 Å². The molecule has 1 unspecified atom stereocenters. The maximum Gasteiger partial charge on any atom is 0.254 e. The molecule has 1 fully saturated rings. The van der Waals surface area contributed by atoms with Crippen molar-refractivity contribution in [3.8, 4) is 0 Å². The Kier molecular flexibility index (Phi) is 4.83. The summed E-state index contributed by atoms with van der Waals surface area (Å²) in [7, 11) is 0. The van der Waals surface area contributed by atoms with Crippen LogP contribution in [0.1, 0.15) is 48.7 Å². The van der Waals surface area contributed by atoms with Crippen LogP contribution in [0.4, 0.5) is 10.1 Å². The van der Waals surface area contributed by atoms with Crippen molar-refractivity contribution in [2.45, 2.75) is 38.8 Å². The molecule has 2 aromatic rings. The predicted molar refractivity (Wildman–Crippen MR) is 94.8 cm³/mol. The van der Waals surface area contributed by atoms with E-state index in [4.69, 9.17) is 0 Å². The number of rotatable bonds is 5. The van der Waals surface area contributed by atoms with E-state index in [1.165, 1.54) is 13.0 Å². The van der Waals surface area contributed by atoms with Gasteiger partial charge in [0, 0.05) is 29.8 Å². The lowest BCUT2D eigenvalue weighted by Crippen LogP contribution is -2.36. The van der Waals surface area contributed by atoms with Gasteiger partial charge in [0.1, 0.15) is 5.82 Å². The van der Waals surface area contributed by atoms with E-state index >= 15 is 0 Å². The normalized spacial score (nSPS) is 14.7. The third-order valence-corrected chi connectivity index (χ3v) is 4.38. The van der Waals surface area contributed by atoms with Crippen LogP contribution < -0.4 is 5.32 Å². The third kappa shape index (κ3) is 3.87. The van der Waals surface area contributed by atoms with Crippen LogP contribution in [0.5, 0.6) is 0 Å². The molecule has 25 heavy (non-hydrogen) atoms. The van der Waals surface area contributed by atoms with Gasteiger partial charge in [-0.1, -0.05) is 24.3 Å². The van der Waals surface area contributed by atoms with E-state index in [1.807, 2.05) is 6.92 Å². The zero-order valence-corrected chi connectivity index (χ0v) is 14.3. The van der Waals surface area contributed by atoms with E-state index in [1.54, 1.807) is 47.4 Å². The van der Waals surface area contributed by atoms with Crippen LogP contribution in [0.2, 0.25) is 0 Å². The first-order valence-electron chi connectivity index (χ1n) is 8.42. The minimum absolute atomic E-state index is 0.131. The molecule has 1 atom stereocenters. The Labute approximate surface area is 146 Å². The van der Waals surface area contributed by atoms with Crippen LogP contribution in [0.25, 0.3) is 0 Å². The molecule has 3 rings (SSSR count). The van der Waals surface area contributed by atoms with Crippen LogP contribution in [-0.2, 0) is 4.79 Å². The van der Waals surface area contributed by atoms with Crippen molar-refractivity contribution in [2.24, 2.45) is 0 Å². The Morgan fingerprint density at radius 2 is 1.88 bits per heavy atom. The first-order valence-corrected chi connectivity index (χ1v) is 8.42. The Morgan fingerprint density at radius 1 is 1.16 bits per heavy atom. The van der Waals surface area contributed by atoms with E-state index in [9.17, 15) is 14.0 Å². The van der Waals surface area contributed by atoms with E-state index in [0.29, 0.717) is 16.8 Å². The number of hydrogen-bond donors (Lipinski definition) is 1. The first-order chi connectivity index (χ1) is 12.0. The molecule has 0 radical (unpaired) electrons. The third-order valence-electron chi connectivity index (χ3n) is 4.38. The Morgan fingerprint density at radius 3 is 2.52 bits per heavy atom. The second-order valence-corrected chi connectivity index (χ2v) is 6.40. The van der Waals surface area contributed by atoms with Crippen molar-refractivity contribution in [2.75, 3.05) is 5.32 Å². The van der Waals surface area contributed by atoms with Gasteiger partial charge in [0.2, 0.25) is 5.91 Å². The molecule has 2 amide bonds. The van der Waals surface area contributed by atoms with Crippen LogP contribution in [0.15, 0.2) is 48.5 Å². The monoisotopic (exact) mass is 340 g/mol. The van der Waals surface area contributed by atoms with Crippen LogP contribution in [0.3, 0.4) is 0 Å². The highest BCUT2D eigenvalue weighted by atomic mass is 19.1. The molecule has 0 spiro atoms. The van der Waals surface area contributed by atoms with Gasteiger partial charge >= 0.3 is 0 Å². The van der Waals surface area contributed by atoms with Crippen LogP contribution in [-0.4, -0.2) is 22.8 Å². The second kappa shape index (κ2) is 7.05. The van der Waals surface area contributed by atoms with Crippen molar-refractivity contribution in [3.05, 3.63) is 65.5 Å². The molecule has 2 aromatic carbocycles. The fraction of sp³-hybridized carbons (Fsp3) is 0.300. The summed E-state index contributed by atoms with van der Waals surface area (Å²) in [5, 5.41) is 2.68. The van der Waals surface area contributed by atoms with Gasteiger partial charge in [0.25, 0.3) is 5.91 Å². The highest BCUT2D eigenvalue weighted by Crippen LogP contribution is 2.36. The molecule has 0 aliphatic heterocycles. The van der Waals surface area contributed by atoms with Crippen molar-refractivity contribution in [1.29, 1.82) is 0 Å². The molecular weight excluding hydrogens is 319 g/mol. The fourth-order valence-electron chi connectivity index (χ4n) is 3.06. The summed E-state index contributed by atoms with van der Waals surface area (Å²) >= 11 is 0. The van der Waals surface area contributed by atoms with Crippen LogP contribution >= 0.6 is 0 Å². The summed E-state index contributed by atoms with van der Waals surface area (Å²) in [5.41, 5.74) is 1.58. The standard InChI is InChI=1S/C20H21FN2O2/c1-13(18-8-3-4-9-19(18)21)23(17-10-11-17)20(25)15-6-5-7-16(12-15)22-14(2)24/h3-9,12-13,17H,10-11H2,1-2H3,(H,22,24). The molecule has 0 heterocycles. The minimum atomic E-state index is -0.356. The number of halogens is 1. The average Bonchev–Trinajstić information content (AvgIpc) is 3.40. The van der Waals surface area contributed by atoms with Gasteiger partial charge in [-0.05, 0) is 44.0 Å². The molecule has 130 valence electrons. The Hall–Kier alpha value is -2.69. The molecule has 1 aliphatic rings. The van der Waals surface area contributed by atoms with Gasteiger partial charge in [-0.15, -0.1) is 0 Å². The number of nitrogens with one attached hydrogen (secondary N) is 1. The van der Waals surface area contributed by atoms with Crippen LogP contribution in [0, 0.1) is 5.82 Å². The fourth-order valence-corrected chi connectivity index (χ4v) is 3.06. The minimum Gasteiger partial charge on any atom is -0.329 e. The Bertz CT molecular complexity index is 802. The van der Waals surface area contributed by atoms with Crippen molar-refractivity contribution in [3.63, 3.8) is 0 Å². The predicted octanol–water partition coefficient (Wildman–Crippen LogP) is 4.15. The zero-order valence-electron chi connectivity index (χ0n) is 14.3. The van der Waals surface area contributed by atoms with Gasteiger partial charge in [0.15, 0.2) is 0 Å². The van der Waals surface area contributed by atoms with Crippen molar-refractivity contribution in [1.82, 2.24) is 4.90 Å². The second-order valence-electron chi connectivity index (χ2n) is 6.40. The largest absolute Gasteiger partial charge is 0.329 e. The maximum atomic E-state index is 14.2. The summed E-state index contributed by atoms with van der Waals surface area (Å²) < 4.78 is 14.2. The average molecular weight is 340 g/mol. The summed E-state index contributed by atoms with van der Waals surface area (Å²) in [6.07, 6.45) is 1.85. The number of carbonyl (C=O) groups excluding carboxylic acids is 2.